The molecule has 24 rings (SSSR count). The second-order valence-electron chi connectivity index (χ2n) is 28.7. The van der Waals surface area contributed by atoms with E-state index in [-0.39, 0.29) is 26.9 Å². The van der Waals surface area contributed by atoms with E-state index in [1.54, 1.807) is 0 Å². The highest BCUT2D eigenvalue weighted by Gasteiger charge is 2.56. The molecule has 105 heavy (non-hydrogen) atoms. The summed E-state index contributed by atoms with van der Waals surface area (Å²) in [5.41, 5.74) is 36.7. The quantitative estimate of drug-likeness (QED) is 0.126. The van der Waals surface area contributed by atoms with E-state index in [9.17, 15) is 11.8 Å². The van der Waals surface area contributed by atoms with E-state index in [4.69, 9.17) is 4.85 Å². The minimum absolute atomic E-state index is 0.180. The number of hydrogen-bond donors (Lipinski definition) is 0. The molecule has 0 N–H and O–H groups in total. The first-order valence-electron chi connectivity index (χ1n) is 36.2. The van der Waals surface area contributed by atoms with Gasteiger partial charge in [-0.15, -0.1) is 0 Å². The number of anilines is 18. The molecule has 0 saturated heterocycles. The Bertz CT molecular complexity index is 6250. The van der Waals surface area contributed by atoms with Crippen LogP contribution in [-0.2, 0) is 0 Å². The van der Waals surface area contributed by atoms with E-state index >= 15 is 0 Å². The Morgan fingerprint density at radius 1 is 0.257 bits per heavy atom. The third-order valence-electron chi connectivity index (χ3n) is 23.9. The molecule has 0 radical (unpaired) electrons. The summed E-state index contributed by atoms with van der Waals surface area (Å²) in [5, 5.41) is 14.9. The standard InChI is InChI=1S/C92H53B4N9/c1-98-86-91-84-90-85-92(86)103(60-37-15-6-16-38-60)81-54-79-62(52-71(81)96(85)69-44-22-28-50-77(69)105(90)75-48-26-20-42-67(75)94(84)65-40-18-24-46-73(65)101(91)58-33-11-4-12-34-58)61-51-70-80(53-78(61)99(79)56-29-7-2-8-30-56)102(59-35-13-5-14-36-59)88-63(55-97)87-82-89-83(88)95(70)68-43-21-27-49-76(68)104(89)74-47-25-19-41-66(74)93(82)64-39-17-23-45-72(64)100(87)57-31-9-3-10-32-57/h2-54H. The van der Waals surface area contributed by atoms with Crippen molar-refractivity contribution in [1.29, 1.82) is 5.26 Å². The minimum Gasteiger partial charge on any atom is -0.321 e. The molecular formula is C92H53B4N9. The second-order valence-corrected chi connectivity index (χ2v) is 28.7. The molecule has 8 aliphatic heterocycles. The predicted molar refractivity (Wildman–Crippen MR) is 438 cm³/mol. The molecule has 8 aliphatic rings. The smallest absolute Gasteiger partial charge is 0.252 e. The molecule has 13 heteroatoms. The van der Waals surface area contributed by atoms with Gasteiger partial charge in [-0.05, 0) is 175 Å². The maximum atomic E-state index is 12.7. The summed E-state index contributed by atoms with van der Waals surface area (Å²) in [5.74, 6) is 0. The highest BCUT2D eigenvalue weighted by molar-refractivity contribution is 7.06. The largest absolute Gasteiger partial charge is 0.321 e. The van der Waals surface area contributed by atoms with Crippen molar-refractivity contribution in [2.24, 2.45) is 0 Å². The van der Waals surface area contributed by atoms with Crippen molar-refractivity contribution in [2.45, 2.75) is 0 Å². The van der Waals surface area contributed by atoms with Gasteiger partial charge in [0.15, 0.2) is 0 Å². The number of para-hydroxylation sites is 11. The summed E-state index contributed by atoms with van der Waals surface area (Å²) >= 11 is 0. The van der Waals surface area contributed by atoms with Gasteiger partial charge >= 0.3 is 0 Å². The van der Waals surface area contributed by atoms with Gasteiger partial charge in [-0.2, -0.15) is 5.26 Å². The van der Waals surface area contributed by atoms with Gasteiger partial charge in [0, 0.05) is 96.1 Å². The van der Waals surface area contributed by atoms with Gasteiger partial charge in [0.2, 0.25) is 19.1 Å². The summed E-state index contributed by atoms with van der Waals surface area (Å²) in [6, 6.07) is 121. The summed E-state index contributed by atoms with van der Waals surface area (Å²) < 4.78 is 2.48. The topological polar surface area (TPSA) is 52.5 Å². The van der Waals surface area contributed by atoms with Crippen molar-refractivity contribution in [2.75, 3.05) is 29.4 Å². The van der Waals surface area contributed by atoms with Crippen molar-refractivity contribution < 1.29 is 0 Å². The van der Waals surface area contributed by atoms with E-state index in [2.05, 4.69) is 362 Å². The van der Waals surface area contributed by atoms with Crippen molar-refractivity contribution >= 4 is 222 Å². The highest BCUT2D eigenvalue weighted by atomic mass is 15.2. The fraction of sp³-hybridized carbons (Fsp3) is 0. The predicted octanol–water partition coefficient (Wildman–Crippen LogP) is 14.6. The molecule has 9 nitrogen and oxygen atoms in total. The van der Waals surface area contributed by atoms with E-state index in [1.165, 1.54) is 32.8 Å². The van der Waals surface area contributed by atoms with Gasteiger partial charge in [0.05, 0.1) is 45.9 Å². The number of hydrogen-bond acceptors (Lipinski definition) is 7. The summed E-state index contributed by atoms with van der Waals surface area (Å²) in [6.07, 6.45) is 0. The van der Waals surface area contributed by atoms with Crippen molar-refractivity contribution in [3.05, 3.63) is 338 Å². The van der Waals surface area contributed by atoms with Crippen molar-refractivity contribution in [1.82, 2.24) is 4.57 Å². The van der Waals surface area contributed by atoms with E-state index in [1.807, 2.05) is 0 Å². The SMILES string of the molecule is [C-]#[N+]c1c2c3c4c5c1N(c1ccccc1)c1cc6c(cc1B5c1ccccc1N4c1ccccc1B3c1ccccc1N2c1ccccc1)c1cc2c(cc1n6-c1ccccc1)N(c1ccccc1)c1c(C#N)c3c4c5c1B2c1ccccc1N5c1ccccc1B4c1ccccc1N3c1ccccc1. The van der Waals surface area contributed by atoms with Crippen LogP contribution >= 0.6 is 0 Å². The normalized spacial score (nSPS) is 14.1. The van der Waals surface area contributed by atoms with Crippen molar-refractivity contribution in [3.63, 3.8) is 0 Å². The average molecular weight is 1330 g/mol. The summed E-state index contributed by atoms with van der Waals surface area (Å²) in [4.78, 5) is 19.7. The second kappa shape index (κ2) is 20.9. The first kappa shape index (κ1) is 56.8. The average Bonchev–Trinajstić information content (AvgIpc) is 1.12. The zero-order valence-electron chi connectivity index (χ0n) is 56.4. The van der Waals surface area contributed by atoms with Crippen LogP contribution in [0, 0.1) is 17.9 Å². The van der Waals surface area contributed by atoms with Gasteiger partial charge in [0.1, 0.15) is 6.07 Å². The lowest BCUT2D eigenvalue weighted by molar-refractivity contribution is 1.17. The fourth-order valence-electron chi connectivity index (χ4n) is 20.1. The Balaban J connectivity index is 0.846. The summed E-state index contributed by atoms with van der Waals surface area (Å²) in [7, 11) is 0. The first-order chi connectivity index (χ1) is 52.1. The van der Waals surface area contributed by atoms with Gasteiger partial charge < -0.3 is 34.0 Å². The molecule has 0 saturated carbocycles. The molecule has 0 amide bonds. The van der Waals surface area contributed by atoms with Gasteiger partial charge in [0.25, 0.3) is 13.4 Å². The highest BCUT2D eigenvalue weighted by Crippen LogP contribution is 2.58. The lowest BCUT2D eigenvalue weighted by atomic mass is 9.28. The van der Waals surface area contributed by atoms with Gasteiger partial charge in [-0.25, -0.2) is 4.85 Å². The number of rotatable bonds is 5. The first-order valence-corrected chi connectivity index (χ1v) is 36.2. The molecule has 0 atom stereocenters. The summed E-state index contributed by atoms with van der Waals surface area (Å²) in [6.45, 7) is 8.92. The Kier molecular flexibility index (Phi) is 11.3. The van der Waals surface area contributed by atoms with Crippen LogP contribution in [0.3, 0.4) is 0 Å². The molecule has 15 aromatic carbocycles. The van der Waals surface area contributed by atoms with Crippen LogP contribution < -0.4 is 95.0 Å². The van der Waals surface area contributed by atoms with Crippen LogP contribution in [-0.4, -0.2) is 31.4 Å². The third kappa shape index (κ3) is 7.19. The Morgan fingerprint density at radius 2 is 0.514 bits per heavy atom. The maximum absolute atomic E-state index is 12.7. The zero-order valence-corrected chi connectivity index (χ0v) is 56.4. The van der Waals surface area contributed by atoms with Gasteiger partial charge in [-0.3, -0.25) is 0 Å². The van der Waals surface area contributed by atoms with Crippen LogP contribution in [0.25, 0.3) is 32.3 Å². The van der Waals surface area contributed by atoms with E-state index < -0.39 is 0 Å². The van der Waals surface area contributed by atoms with Crippen LogP contribution in [0.15, 0.2) is 322 Å². The number of nitrogens with zero attached hydrogens (tertiary/aromatic N) is 9. The Morgan fingerprint density at radius 3 is 0.838 bits per heavy atom. The lowest BCUT2D eigenvalue weighted by Gasteiger charge is -2.51. The molecule has 0 aliphatic carbocycles. The van der Waals surface area contributed by atoms with Crippen molar-refractivity contribution in [3.8, 4) is 11.8 Å². The number of aromatic nitrogens is 1. The number of nitriles is 1. The molecule has 0 unspecified atom stereocenters. The molecule has 1 aromatic heterocycles. The number of benzene rings is 15. The van der Waals surface area contributed by atoms with E-state index in [0.29, 0.717) is 11.3 Å². The van der Waals surface area contributed by atoms with Gasteiger partial charge in [-0.1, -0.05) is 212 Å². The number of fused-ring (bicyclic) bond motifs is 23. The Labute approximate surface area is 607 Å². The minimum atomic E-state index is -0.320. The van der Waals surface area contributed by atoms with Crippen LogP contribution in [0.5, 0.6) is 0 Å². The molecule has 9 heterocycles. The molecule has 0 fully saturated rings. The third-order valence-corrected chi connectivity index (χ3v) is 23.9. The molecule has 16 aromatic rings. The molecule has 478 valence electrons. The molecule has 0 bridgehead atoms. The molecule has 0 spiro atoms. The van der Waals surface area contributed by atoms with Crippen LogP contribution in [0.4, 0.5) is 108 Å². The lowest BCUT2D eigenvalue weighted by Crippen LogP contribution is -2.69. The molecular weight excluding hydrogens is 1270 g/mol. The fourth-order valence-corrected chi connectivity index (χ4v) is 20.1. The van der Waals surface area contributed by atoms with Crippen LogP contribution in [0.2, 0.25) is 0 Å². The van der Waals surface area contributed by atoms with Crippen LogP contribution in [0.1, 0.15) is 5.56 Å². The van der Waals surface area contributed by atoms with E-state index in [0.717, 1.165) is 163 Å². The monoisotopic (exact) mass is 1330 g/mol. The zero-order chi connectivity index (χ0) is 68.6. The Hall–Kier alpha value is -13.9. The maximum Gasteiger partial charge on any atom is 0.252 e.